The molecule has 1 aliphatic carbocycles. The molecule has 132 valence electrons. The minimum absolute atomic E-state index is 0.0391. The van der Waals surface area contributed by atoms with Crippen LogP contribution in [0.1, 0.15) is 42.0 Å². The Labute approximate surface area is 145 Å². The summed E-state index contributed by atoms with van der Waals surface area (Å²) in [5, 5.41) is 14.2. The van der Waals surface area contributed by atoms with Gasteiger partial charge in [-0.1, -0.05) is 24.3 Å². The Bertz CT molecular complexity index is 959. The van der Waals surface area contributed by atoms with Crippen LogP contribution in [-0.2, 0) is 20.5 Å². The van der Waals surface area contributed by atoms with E-state index in [2.05, 4.69) is 30.4 Å². The predicted octanol–water partition coefficient (Wildman–Crippen LogP) is 1.17. The van der Waals surface area contributed by atoms with Crippen LogP contribution in [0, 0.1) is 5.92 Å². The van der Waals surface area contributed by atoms with Gasteiger partial charge in [0, 0.05) is 32.1 Å². The van der Waals surface area contributed by atoms with Gasteiger partial charge in [0.2, 0.25) is 5.88 Å². The van der Waals surface area contributed by atoms with Gasteiger partial charge in [0.05, 0.1) is 5.56 Å². The van der Waals surface area contributed by atoms with Gasteiger partial charge >= 0.3 is 5.69 Å². The van der Waals surface area contributed by atoms with Gasteiger partial charge in [-0.2, -0.15) is 0 Å². The van der Waals surface area contributed by atoms with E-state index in [0.29, 0.717) is 5.56 Å². The van der Waals surface area contributed by atoms with E-state index in [1.165, 1.54) is 25.2 Å². The largest absolute Gasteiger partial charge is 0.494 e. The molecule has 4 atom stereocenters. The van der Waals surface area contributed by atoms with Crippen molar-refractivity contribution < 1.29 is 5.11 Å². The second kappa shape index (κ2) is 5.59. The zero-order chi connectivity index (χ0) is 17.9. The van der Waals surface area contributed by atoms with Gasteiger partial charge in [0.25, 0.3) is 5.56 Å². The number of aryl methyl sites for hydroxylation is 1. The molecule has 0 amide bonds. The van der Waals surface area contributed by atoms with E-state index < -0.39 is 11.2 Å². The average molecular weight is 341 g/mol. The fourth-order valence-electron chi connectivity index (χ4n) is 4.76. The number of nitrogens with one attached hydrogen (secondary N) is 1. The summed E-state index contributed by atoms with van der Waals surface area (Å²) in [5.41, 5.74) is 2.10. The molecule has 2 aliphatic rings. The summed E-state index contributed by atoms with van der Waals surface area (Å²) >= 11 is 0. The first-order valence-corrected chi connectivity index (χ1v) is 8.74. The summed E-state index contributed by atoms with van der Waals surface area (Å²) < 4.78 is 2.25. The third kappa shape index (κ3) is 2.20. The van der Waals surface area contributed by atoms with Crippen LogP contribution in [0.5, 0.6) is 5.88 Å². The van der Waals surface area contributed by atoms with Crippen LogP contribution in [0.2, 0.25) is 0 Å². The summed E-state index contributed by atoms with van der Waals surface area (Å²) in [6.45, 7) is 2.05. The van der Waals surface area contributed by atoms with Crippen molar-refractivity contribution in [2.45, 2.75) is 37.8 Å². The lowest BCUT2D eigenvalue weighted by Crippen LogP contribution is -2.41. The molecule has 0 radical (unpaired) electrons. The van der Waals surface area contributed by atoms with Crippen molar-refractivity contribution in [3.8, 4) is 5.88 Å². The summed E-state index contributed by atoms with van der Waals surface area (Å²) in [6, 6.07) is 8.62. The molecule has 25 heavy (non-hydrogen) atoms. The summed E-state index contributed by atoms with van der Waals surface area (Å²) in [7, 11) is 2.97. The Balaban J connectivity index is 1.87. The number of fused-ring (bicyclic) bond motifs is 3. The number of benzene rings is 1. The van der Waals surface area contributed by atoms with Crippen LogP contribution < -0.4 is 16.6 Å². The number of hydrogen-bond acceptors (Lipinski definition) is 4. The molecule has 2 heterocycles. The van der Waals surface area contributed by atoms with Crippen LogP contribution >= 0.6 is 0 Å². The lowest BCUT2D eigenvalue weighted by molar-refractivity contribution is 0.347. The molecule has 0 saturated carbocycles. The van der Waals surface area contributed by atoms with Crippen molar-refractivity contribution in [3.63, 3.8) is 0 Å². The average Bonchev–Trinajstić information content (AvgIpc) is 2.95. The van der Waals surface area contributed by atoms with E-state index in [9.17, 15) is 14.7 Å². The topological polar surface area (TPSA) is 76.3 Å². The van der Waals surface area contributed by atoms with Crippen molar-refractivity contribution in [1.82, 2.24) is 14.5 Å². The van der Waals surface area contributed by atoms with Crippen molar-refractivity contribution in [2.75, 3.05) is 0 Å². The molecule has 2 N–H and O–H groups in total. The lowest BCUT2D eigenvalue weighted by atomic mass is 9.73. The maximum atomic E-state index is 12.8. The highest BCUT2D eigenvalue weighted by molar-refractivity contribution is 5.39. The molecule has 2 aromatic rings. The SMILES string of the molecule is CC1NC2c3ccccc3CCC2C1c1c(O)n(C)c(=O)n(C)c1=O. The molecule has 1 aliphatic heterocycles. The molecular formula is C19H23N3O3. The zero-order valence-electron chi connectivity index (χ0n) is 14.7. The highest BCUT2D eigenvalue weighted by atomic mass is 16.3. The molecule has 0 spiro atoms. The Hall–Kier alpha value is -2.34. The fraction of sp³-hybridized carbons (Fsp3) is 0.474. The lowest BCUT2D eigenvalue weighted by Gasteiger charge is -2.31. The van der Waals surface area contributed by atoms with Gasteiger partial charge in [0.1, 0.15) is 0 Å². The molecule has 1 fully saturated rings. The second-order valence-electron chi connectivity index (χ2n) is 7.30. The Morgan fingerprint density at radius 3 is 2.64 bits per heavy atom. The standard InChI is InChI=1S/C19H23N3O3/c1-10-14(15-17(23)21(2)19(25)22(3)18(15)24)13-9-8-11-6-4-5-7-12(11)16(13)20-10/h4-7,10,13-14,16,20,23H,8-9H2,1-3H3. The Kier molecular flexibility index (Phi) is 3.61. The van der Waals surface area contributed by atoms with E-state index in [1.54, 1.807) is 0 Å². The summed E-state index contributed by atoms with van der Waals surface area (Å²) in [5.74, 6) is -0.101. The second-order valence-corrected chi connectivity index (χ2v) is 7.30. The molecule has 0 bridgehead atoms. The smallest absolute Gasteiger partial charge is 0.333 e. The van der Waals surface area contributed by atoms with Gasteiger partial charge in [0.15, 0.2) is 0 Å². The van der Waals surface area contributed by atoms with Crippen LogP contribution in [-0.4, -0.2) is 20.3 Å². The van der Waals surface area contributed by atoms with Gasteiger partial charge in [-0.05, 0) is 36.8 Å². The number of aromatic hydroxyl groups is 1. The zero-order valence-corrected chi connectivity index (χ0v) is 14.7. The minimum atomic E-state index is -0.504. The summed E-state index contributed by atoms with van der Waals surface area (Å²) in [6.07, 6.45) is 1.92. The van der Waals surface area contributed by atoms with E-state index in [-0.39, 0.29) is 29.8 Å². The number of hydrogen-bond donors (Lipinski definition) is 2. The van der Waals surface area contributed by atoms with E-state index in [1.807, 2.05) is 6.07 Å². The number of aromatic nitrogens is 2. The van der Waals surface area contributed by atoms with Gasteiger partial charge in [-0.25, -0.2) is 4.79 Å². The Morgan fingerprint density at radius 2 is 1.88 bits per heavy atom. The van der Waals surface area contributed by atoms with Gasteiger partial charge in [-0.3, -0.25) is 13.9 Å². The van der Waals surface area contributed by atoms with E-state index >= 15 is 0 Å². The quantitative estimate of drug-likeness (QED) is 0.816. The first-order valence-electron chi connectivity index (χ1n) is 8.74. The molecule has 4 unspecified atom stereocenters. The third-order valence-corrected chi connectivity index (χ3v) is 6.01. The van der Waals surface area contributed by atoms with Gasteiger partial charge in [-0.15, -0.1) is 0 Å². The maximum absolute atomic E-state index is 12.8. The molecule has 1 aromatic carbocycles. The molecule has 6 heteroatoms. The molecule has 1 saturated heterocycles. The van der Waals surface area contributed by atoms with Gasteiger partial charge < -0.3 is 10.4 Å². The minimum Gasteiger partial charge on any atom is -0.494 e. The predicted molar refractivity (Wildman–Crippen MR) is 94.9 cm³/mol. The van der Waals surface area contributed by atoms with Crippen molar-refractivity contribution in [2.24, 2.45) is 20.0 Å². The summed E-state index contributed by atoms with van der Waals surface area (Å²) in [4.78, 5) is 24.8. The van der Waals surface area contributed by atoms with Crippen LogP contribution in [0.15, 0.2) is 33.9 Å². The van der Waals surface area contributed by atoms with E-state index in [0.717, 1.165) is 22.0 Å². The molecule has 1 aromatic heterocycles. The number of rotatable bonds is 1. The fourth-order valence-corrected chi connectivity index (χ4v) is 4.76. The molecule has 4 rings (SSSR count). The first-order chi connectivity index (χ1) is 11.9. The monoisotopic (exact) mass is 341 g/mol. The van der Waals surface area contributed by atoms with Crippen molar-refractivity contribution in [1.29, 1.82) is 0 Å². The van der Waals surface area contributed by atoms with E-state index in [4.69, 9.17) is 0 Å². The normalized spacial score (nSPS) is 27.8. The maximum Gasteiger partial charge on any atom is 0.333 e. The van der Waals surface area contributed by atoms with Crippen molar-refractivity contribution >= 4 is 0 Å². The van der Waals surface area contributed by atoms with Crippen LogP contribution in [0.3, 0.4) is 0 Å². The molecular weight excluding hydrogens is 318 g/mol. The molecule has 6 nitrogen and oxygen atoms in total. The third-order valence-electron chi connectivity index (χ3n) is 6.01. The van der Waals surface area contributed by atoms with Crippen molar-refractivity contribution in [3.05, 3.63) is 61.8 Å². The highest BCUT2D eigenvalue weighted by Gasteiger charge is 2.46. The Morgan fingerprint density at radius 1 is 1.16 bits per heavy atom. The highest BCUT2D eigenvalue weighted by Crippen LogP contribution is 2.49. The first kappa shape index (κ1) is 16.1. The van der Waals surface area contributed by atoms with Crippen LogP contribution in [0.25, 0.3) is 0 Å². The number of nitrogens with zero attached hydrogens (tertiary/aromatic N) is 2. The van der Waals surface area contributed by atoms with Crippen LogP contribution in [0.4, 0.5) is 0 Å².